The standard InChI is InChI=1S/C24H37N7O3/c1-15(2)20-14-26-31-21(20)29-23(27-18-8-11-33-12-9-18)30-24(31)28-17-5-3-16(4-6-17)22(32)34-19-7-10-25-13-19/h14-19,25H,3-13H2,1-2H3,(H2,27,28,29,30). The maximum absolute atomic E-state index is 12.6. The molecule has 1 saturated carbocycles. The number of rotatable bonds is 7. The Balaban J connectivity index is 1.27. The molecule has 2 aliphatic heterocycles. The highest BCUT2D eigenvalue weighted by molar-refractivity contribution is 5.72. The number of fused-ring (bicyclic) bond motifs is 1. The lowest BCUT2D eigenvalue weighted by atomic mass is 9.86. The zero-order valence-electron chi connectivity index (χ0n) is 20.3. The van der Waals surface area contributed by atoms with Gasteiger partial charge in [0.15, 0.2) is 5.65 Å². The maximum atomic E-state index is 12.6. The van der Waals surface area contributed by atoms with E-state index in [1.54, 1.807) is 0 Å². The lowest BCUT2D eigenvalue weighted by molar-refractivity contribution is -0.154. The van der Waals surface area contributed by atoms with Gasteiger partial charge in [-0.25, -0.2) is 0 Å². The summed E-state index contributed by atoms with van der Waals surface area (Å²) in [4.78, 5) is 22.2. The van der Waals surface area contributed by atoms with Gasteiger partial charge in [0.1, 0.15) is 6.10 Å². The highest BCUT2D eigenvalue weighted by Crippen LogP contribution is 2.29. The van der Waals surface area contributed by atoms with Crippen LogP contribution in [-0.4, -0.2) is 70.0 Å². The van der Waals surface area contributed by atoms with Crippen LogP contribution >= 0.6 is 0 Å². The van der Waals surface area contributed by atoms with Crippen molar-refractivity contribution in [3.63, 3.8) is 0 Å². The highest BCUT2D eigenvalue weighted by atomic mass is 16.5. The summed E-state index contributed by atoms with van der Waals surface area (Å²) in [5.41, 5.74) is 1.94. The first-order valence-corrected chi connectivity index (χ1v) is 12.8. The molecular weight excluding hydrogens is 434 g/mol. The topological polar surface area (TPSA) is 115 Å². The second-order valence-electron chi connectivity index (χ2n) is 10.1. The number of nitrogens with zero attached hydrogens (tertiary/aromatic N) is 4. The third kappa shape index (κ3) is 5.27. The molecule has 0 bridgehead atoms. The Morgan fingerprint density at radius 3 is 2.56 bits per heavy atom. The molecule has 3 fully saturated rings. The van der Waals surface area contributed by atoms with Crippen molar-refractivity contribution in [2.24, 2.45) is 5.92 Å². The molecule has 0 aromatic carbocycles. The fraction of sp³-hybridized carbons (Fsp3) is 0.750. The number of ether oxygens (including phenoxy) is 2. The second kappa shape index (κ2) is 10.4. The van der Waals surface area contributed by atoms with E-state index >= 15 is 0 Å². The molecule has 2 aromatic rings. The molecule has 4 heterocycles. The minimum atomic E-state index is -0.0341. The Labute approximate surface area is 200 Å². The zero-order valence-corrected chi connectivity index (χ0v) is 20.3. The van der Waals surface area contributed by atoms with Crippen LogP contribution in [0.5, 0.6) is 0 Å². The summed E-state index contributed by atoms with van der Waals surface area (Å²) in [5.74, 6) is 1.61. The van der Waals surface area contributed by atoms with Crippen molar-refractivity contribution in [1.29, 1.82) is 0 Å². The van der Waals surface area contributed by atoms with Crippen molar-refractivity contribution >= 4 is 23.5 Å². The number of aromatic nitrogens is 4. The van der Waals surface area contributed by atoms with Crippen molar-refractivity contribution in [3.8, 4) is 0 Å². The molecule has 10 heteroatoms. The van der Waals surface area contributed by atoms with E-state index in [-0.39, 0.29) is 24.0 Å². The normalized spacial score (nSPS) is 26.1. The molecule has 3 N–H and O–H groups in total. The summed E-state index contributed by atoms with van der Waals surface area (Å²) in [6.45, 7) is 7.54. The quantitative estimate of drug-likeness (QED) is 0.524. The van der Waals surface area contributed by atoms with Gasteiger partial charge in [0, 0.05) is 37.4 Å². The maximum Gasteiger partial charge on any atom is 0.309 e. The predicted molar refractivity (Wildman–Crippen MR) is 129 cm³/mol. The SMILES string of the molecule is CC(C)c1cnn2c(NC3CCC(C(=O)OC4CCNC4)CC3)nc(NC3CCOCC3)nc12. The van der Waals surface area contributed by atoms with Gasteiger partial charge >= 0.3 is 5.97 Å². The minimum absolute atomic E-state index is 0.00735. The molecule has 0 spiro atoms. The van der Waals surface area contributed by atoms with Crippen LogP contribution in [0.4, 0.5) is 11.9 Å². The molecule has 34 heavy (non-hydrogen) atoms. The van der Waals surface area contributed by atoms with E-state index in [1.165, 1.54) is 0 Å². The third-order valence-electron chi connectivity index (χ3n) is 7.26. The van der Waals surface area contributed by atoms with Crippen molar-refractivity contribution in [2.75, 3.05) is 36.9 Å². The predicted octanol–water partition coefficient (Wildman–Crippen LogP) is 2.71. The average molecular weight is 472 g/mol. The minimum Gasteiger partial charge on any atom is -0.461 e. The van der Waals surface area contributed by atoms with Crippen LogP contribution in [0, 0.1) is 5.92 Å². The molecule has 3 aliphatic rings. The van der Waals surface area contributed by atoms with Gasteiger partial charge in [-0.3, -0.25) is 4.79 Å². The lowest BCUT2D eigenvalue weighted by Crippen LogP contribution is -2.33. The van der Waals surface area contributed by atoms with Crippen LogP contribution in [0.25, 0.3) is 5.65 Å². The Morgan fingerprint density at radius 1 is 1.09 bits per heavy atom. The fourth-order valence-electron chi connectivity index (χ4n) is 5.13. The van der Waals surface area contributed by atoms with Gasteiger partial charge in [0.25, 0.3) is 0 Å². The van der Waals surface area contributed by atoms with Gasteiger partial charge in [0.05, 0.1) is 12.1 Å². The molecule has 1 aliphatic carbocycles. The van der Waals surface area contributed by atoms with E-state index < -0.39 is 0 Å². The fourth-order valence-corrected chi connectivity index (χ4v) is 5.13. The Bertz CT molecular complexity index is 974. The molecule has 2 aromatic heterocycles. The van der Waals surface area contributed by atoms with Gasteiger partial charge < -0.3 is 25.4 Å². The lowest BCUT2D eigenvalue weighted by Gasteiger charge is -2.29. The number of hydrogen-bond donors (Lipinski definition) is 3. The average Bonchev–Trinajstić information content (AvgIpc) is 3.50. The number of carbonyl (C=O) groups excluding carboxylic acids is 1. The highest BCUT2D eigenvalue weighted by Gasteiger charge is 2.30. The first kappa shape index (κ1) is 23.3. The molecule has 10 nitrogen and oxygen atoms in total. The Morgan fingerprint density at radius 2 is 1.85 bits per heavy atom. The largest absolute Gasteiger partial charge is 0.461 e. The van der Waals surface area contributed by atoms with Crippen LogP contribution < -0.4 is 16.0 Å². The molecule has 0 radical (unpaired) electrons. The Hall–Kier alpha value is -2.46. The summed E-state index contributed by atoms with van der Waals surface area (Å²) in [5, 5.41) is 15.0. The number of nitrogens with one attached hydrogen (secondary N) is 3. The summed E-state index contributed by atoms with van der Waals surface area (Å²) >= 11 is 0. The van der Waals surface area contributed by atoms with Crippen LogP contribution in [0.15, 0.2) is 6.20 Å². The number of carbonyl (C=O) groups is 1. The van der Waals surface area contributed by atoms with Gasteiger partial charge in [-0.15, -0.1) is 0 Å². The number of anilines is 2. The number of hydrogen-bond acceptors (Lipinski definition) is 9. The molecule has 1 atom stereocenters. The van der Waals surface area contributed by atoms with Gasteiger partial charge in [-0.05, 0) is 57.4 Å². The molecule has 2 saturated heterocycles. The molecule has 5 rings (SSSR count). The summed E-state index contributed by atoms with van der Waals surface area (Å²) in [6, 6.07) is 0.545. The molecular formula is C24H37N7O3. The summed E-state index contributed by atoms with van der Waals surface area (Å²) < 4.78 is 13.0. The zero-order chi connectivity index (χ0) is 23.5. The Kier molecular flexibility index (Phi) is 7.15. The van der Waals surface area contributed by atoms with Gasteiger partial charge in [-0.1, -0.05) is 13.8 Å². The molecule has 0 amide bonds. The van der Waals surface area contributed by atoms with E-state index in [2.05, 4.69) is 34.9 Å². The third-order valence-corrected chi connectivity index (χ3v) is 7.26. The van der Waals surface area contributed by atoms with Gasteiger partial charge in [-0.2, -0.15) is 19.6 Å². The van der Waals surface area contributed by atoms with Crippen molar-refractivity contribution in [1.82, 2.24) is 24.9 Å². The van der Waals surface area contributed by atoms with Crippen LogP contribution in [0.1, 0.15) is 70.3 Å². The number of esters is 1. The molecule has 1 unspecified atom stereocenters. The van der Waals surface area contributed by atoms with E-state index in [1.807, 2.05) is 10.7 Å². The van der Waals surface area contributed by atoms with E-state index in [0.29, 0.717) is 23.9 Å². The van der Waals surface area contributed by atoms with E-state index in [4.69, 9.17) is 19.4 Å². The van der Waals surface area contributed by atoms with Crippen molar-refractivity contribution in [3.05, 3.63) is 11.8 Å². The van der Waals surface area contributed by atoms with E-state index in [9.17, 15) is 4.79 Å². The smallest absolute Gasteiger partial charge is 0.309 e. The summed E-state index contributed by atoms with van der Waals surface area (Å²) in [7, 11) is 0. The van der Waals surface area contributed by atoms with Crippen LogP contribution in [0.3, 0.4) is 0 Å². The van der Waals surface area contributed by atoms with Crippen molar-refractivity contribution < 1.29 is 14.3 Å². The first-order chi connectivity index (χ1) is 16.6. The summed E-state index contributed by atoms with van der Waals surface area (Å²) in [6.07, 6.45) is 8.19. The first-order valence-electron chi connectivity index (χ1n) is 12.8. The van der Waals surface area contributed by atoms with Crippen LogP contribution in [-0.2, 0) is 14.3 Å². The van der Waals surface area contributed by atoms with Crippen molar-refractivity contribution in [2.45, 2.75) is 82.9 Å². The monoisotopic (exact) mass is 471 g/mol. The second-order valence-corrected chi connectivity index (χ2v) is 10.1. The molecule has 186 valence electrons. The van der Waals surface area contributed by atoms with Gasteiger partial charge in [0.2, 0.25) is 11.9 Å². The van der Waals surface area contributed by atoms with E-state index in [0.717, 1.165) is 82.5 Å². The van der Waals surface area contributed by atoms with Crippen LogP contribution in [0.2, 0.25) is 0 Å².